The summed E-state index contributed by atoms with van der Waals surface area (Å²) in [5.74, 6) is 0.0327. The van der Waals surface area contributed by atoms with Gasteiger partial charge in [-0.3, -0.25) is 14.5 Å². The van der Waals surface area contributed by atoms with Gasteiger partial charge in [0.05, 0.1) is 19.0 Å². The number of piperazine rings is 1. The average molecular weight is 607 g/mol. The zero-order valence-electron chi connectivity index (χ0n) is 24.9. The molecule has 0 unspecified atom stereocenters. The lowest BCUT2D eigenvalue weighted by Crippen LogP contribution is -2.56. The number of benzene rings is 2. The van der Waals surface area contributed by atoms with Gasteiger partial charge >= 0.3 is 6.18 Å². The van der Waals surface area contributed by atoms with Gasteiger partial charge in [0, 0.05) is 55.0 Å². The zero-order valence-corrected chi connectivity index (χ0v) is 24.9. The average Bonchev–Trinajstić information content (AvgIpc) is 3.69. The van der Waals surface area contributed by atoms with Crippen LogP contribution in [0.1, 0.15) is 53.9 Å². The van der Waals surface area contributed by atoms with Crippen molar-refractivity contribution in [2.24, 2.45) is 0 Å². The predicted molar refractivity (Wildman–Crippen MR) is 158 cm³/mol. The van der Waals surface area contributed by atoms with E-state index in [0.29, 0.717) is 30.9 Å². The Hall–Kier alpha value is -4.45. The molecule has 2 aliphatic rings. The Morgan fingerprint density at radius 3 is 2.30 bits per heavy atom. The Kier molecular flexibility index (Phi) is 7.35. The number of fused-ring (bicyclic) bond motifs is 1. The van der Waals surface area contributed by atoms with Gasteiger partial charge in [0.15, 0.2) is 11.3 Å². The number of methoxy groups -OCH3 is 1. The van der Waals surface area contributed by atoms with Crippen LogP contribution < -0.4 is 10.1 Å². The normalized spacial score (nSPS) is 18.3. The van der Waals surface area contributed by atoms with E-state index in [0.717, 1.165) is 28.6 Å². The Morgan fingerprint density at radius 2 is 1.73 bits per heavy atom. The van der Waals surface area contributed by atoms with E-state index in [1.54, 1.807) is 29.2 Å². The highest BCUT2D eigenvalue weighted by Gasteiger charge is 2.51. The van der Waals surface area contributed by atoms with Gasteiger partial charge in [-0.15, -0.1) is 0 Å². The van der Waals surface area contributed by atoms with Crippen LogP contribution in [-0.4, -0.2) is 69.0 Å². The van der Waals surface area contributed by atoms with E-state index in [1.807, 2.05) is 31.2 Å². The molecular formula is C32H33F3N6O3. The molecule has 2 amide bonds. The van der Waals surface area contributed by atoms with E-state index in [1.165, 1.54) is 27.2 Å². The molecule has 2 aromatic carbocycles. The van der Waals surface area contributed by atoms with E-state index in [2.05, 4.69) is 20.3 Å². The topological polar surface area (TPSA) is 92.1 Å². The molecule has 3 heterocycles. The minimum Gasteiger partial charge on any atom is -0.497 e. The van der Waals surface area contributed by atoms with Crippen LogP contribution in [-0.2, 0) is 16.5 Å². The quantitative estimate of drug-likeness (QED) is 0.311. The van der Waals surface area contributed by atoms with Crippen molar-refractivity contribution in [1.82, 2.24) is 24.4 Å². The number of nitrogens with zero attached hydrogens (tertiary/aromatic N) is 5. The van der Waals surface area contributed by atoms with Crippen LogP contribution in [0.25, 0.3) is 16.9 Å². The first-order chi connectivity index (χ1) is 20.9. The van der Waals surface area contributed by atoms with Crippen LogP contribution in [0, 0.1) is 6.92 Å². The molecule has 2 fully saturated rings. The summed E-state index contributed by atoms with van der Waals surface area (Å²) in [6.07, 6.45) is -1.57. The first-order valence-electron chi connectivity index (χ1n) is 14.5. The summed E-state index contributed by atoms with van der Waals surface area (Å²) in [6.45, 7) is 6.41. The van der Waals surface area contributed by atoms with Crippen molar-refractivity contribution >= 4 is 23.1 Å². The van der Waals surface area contributed by atoms with Crippen molar-refractivity contribution in [3.05, 3.63) is 77.1 Å². The second-order valence-electron chi connectivity index (χ2n) is 11.5. The molecule has 1 N–H and O–H groups in total. The minimum atomic E-state index is -4.73. The third-order valence-corrected chi connectivity index (χ3v) is 8.71. The van der Waals surface area contributed by atoms with Crippen LogP contribution in [0.5, 0.6) is 5.75 Å². The third kappa shape index (κ3) is 5.17. The molecule has 0 spiro atoms. The van der Waals surface area contributed by atoms with Gasteiger partial charge in [0.1, 0.15) is 11.3 Å². The minimum absolute atomic E-state index is 0.0280. The maximum atomic E-state index is 14.4. The summed E-state index contributed by atoms with van der Waals surface area (Å²) in [7, 11) is 1.51. The fraction of sp³-hybridized carbons (Fsp3) is 0.375. The summed E-state index contributed by atoms with van der Waals surface area (Å²) >= 11 is 0. The lowest BCUT2D eigenvalue weighted by Gasteiger charge is -2.44. The molecule has 12 heteroatoms. The van der Waals surface area contributed by atoms with Gasteiger partial charge in [-0.25, -0.2) is 9.50 Å². The molecule has 1 aliphatic heterocycles. The zero-order chi connectivity index (χ0) is 31.4. The number of halogens is 3. The molecule has 44 heavy (non-hydrogen) atoms. The smallest absolute Gasteiger partial charge is 0.433 e. The van der Waals surface area contributed by atoms with Crippen molar-refractivity contribution in [3.63, 3.8) is 0 Å². The summed E-state index contributed by atoms with van der Waals surface area (Å²) in [6, 6.07) is 14.3. The van der Waals surface area contributed by atoms with Crippen molar-refractivity contribution in [3.8, 4) is 17.0 Å². The molecule has 1 saturated carbocycles. The maximum absolute atomic E-state index is 14.4. The van der Waals surface area contributed by atoms with Crippen LogP contribution in [0.15, 0.2) is 54.7 Å². The fourth-order valence-electron chi connectivity index (χ4n) is 6.36. The van der Waals surface area contributed by atoms with Crippen LogP contribution in [0.2, 0.25) is 0 Å². The highest BCUT2D eigenvalue weighted by Crippen LogP contribution is 2.51. The number of nitrogens with one attached hydrogen (secondary N) is 1. The van der Waals surface area contributed by atoms with E-state index in [4.69, 9.17) is 4.74 Å². The third-order valence-electron chi connectivity index (χ3n) is 8.71. The molecule has 4 aromatic rings. The van der Waals surface area contributed by atoms with Crippen LogP contribution in [0.3, 0.4) is 0 Å². The summed E-state index contributed by atoms with van der Waals surface area (Å²) < 4.78 is 49.0. The van der Waals surface area contributed by atoms with E-state index in [-0.39, 0.29) is 40.0 Å². The first kappa shape index (κ1) is 29.6. The van der Waals surface area contributed by atoms with Gasteiger partial charge in [-0.1, -0.05) is 12.1 Å². The van der Waals surface area contributed by atoms with Crippen LogP contribution in [0.4, 0.5) is 18.9 Å². The monoisotopic (exact) mass is 606 g/mol. The molecular weight excluding hydrogens is 573 g/mol. The molecule has 1 atom stereocenters. The summed E-state index contributed by atoms with van der Waals surface area (Å²) in [5, 5.41) is 6.80. The van der Waals surface area contributed by atoms with E-state index < -0.39 is 17.8 Å². The lowest BCUT2D eigenvalue weighted by molar-refractivity contribution is -0.143. The number of alkyl halides is 3. The Balaban J connectivity index is 1.28. The molecule has 230 valence electrons. The highest BCUT2D eigenvalue weighted by atomic mass is 19.4. The molecule has 6 rings (SSSR count). The summed E-state index contributed by atoms with van der Waals surface area (Å²) in [4.78, 5) is 34.0. The second kappa shape index (κ2) is 10.9. The van der Waals surface area contributed by atoms with Gasteiger partial charge in [-0.2, -0.15) is 18.3 Å². The highest BCUT2D eigenvalue weighted by molar-refractivity contribution is 6.00. The number of aromatic nitrogens is 3. The summed E-state index contributed by atoms with van der Waals surface area (Å²) in [5.41, 5.74) is 1.21. The van der Waals surface area contributed by atoms with Crippen molar-refractivity contribution in [2.45, 2.75) is 51.4 Å². The van der Waals surface area contributed by atoms with E-state index >= 15 is 0 Å². The number of hydrogen-bond acceptors (Lipinski definition) is 6. The first-order valence-corrected chi connectivity index (χ1v) is 14.5. The predicted octanol–water partition coefficient (Wildman–Crippen LogP) is 5.53. The number of carbonyl (C=O) groups excluding carboxylic acids is 2. The number of rotatable bonds is 6. The Labute approximate surface area is 252 Å². The van der Waals surface area contributed by atoms with Crippen molar-refractivity contribution < 1.29 is 27.5 Å². The molecule has 1 aliphatic carbocycles. The van der Waals surface area contributed by atoms with Gasteiger partial charge < -0.3 is 15.0 Å². The van der Waals surface area contributed by atoms with Gasteiger partial charge in [-0.05, 0) is 68.7 Å². The molecule has 1 saturated heterocycles. The number of ether oxygens (including phenoxy) is 1. The van der Waals surface area contributed by atoms with Crippen LogP contribution >= 0.6 is 0 Å². The fourth-order valence-corrected chi connectivity index (χ4v) is 6.36. The SMILES string of the molecule is COc1ccc(-c2nc3c(C(=O)N4CCN(C5(c6ccc(NC(C)=O)cc6)CC5)C[C@H]4C)cnn3c(C(F)(F)F)c2C)cc1. The Morgan fingerprint density at radius 1 is 1.05 bits per heavy atom. The molecule has 9 nitrogen and oxygen atoms in total. The Bertz CT molecular complexity index is 1730. The lowest BCUT2D eigenvalue weighted by atomic mass is 9.99. The molecule has 0 radical (unpaired) electrons. The second-order valence-corrected chi connectivity index (χ2v) is 11.5. The standard InChI is InChI=1S/C32H33F3N6O3/c1-19-18-39(31(13-14-31)23-7-9-24(10-8-23)37-21(3)42)15-16-40(19)30(43)26-17-36-41-28(32(33,34)35)20(2)27(38-29(26)41)22-5-11-25(44-4)12-6-22/h5-12,17,19H,13-16,18H2,1-4H3,(H,37,42)/t19-/m1/s1. The number of amides is 2. The van der Waals surface area contributed by atoms with E-state index in [9.17, 15) is 22.8 Å². The number of carbonyl (C=O) groups is 2. The molecule has 0 bridgehead atoms. The largest absolute Gasteiger partial charge is 0.497 e. The van der Waals surface area contributed by atoms with Gasteiger partial charge in [0.2, 0.25) is 5.91 Å². The van der Waals surface area contributed by atoms with Crippen molar-refractivity contribution in [2.75, 3.05) is 32.1 Å². The number of anilines is 1. The molecule has 2 aromatic heterocycles. The maximum Gasteiger partial charge on any atom is 0.433 e. The van der Waals surface area contributed by atoms with Gasteiger partial charge in [0.25, 0.3) is 5.91 Å². The number of hydrogen-bond donors (Lipinski definition) is 1. The van der Waals surface area contributed by atoms with Crippen molar-refractivity contribution in [1.29, 1.82) is 0 Å².